The van der Waals surface area contributed by atoms with Gasteiger partial charge in [0, 0.05) is 37.1 Å². The molecule has 0 saturated carbocycles. The van der Waals surface area contributed by atoms with Crippen molar-refractivity contribution >= 4 is 29.2 Å². The quantitative estimate of drug-likeness (QED) is 0.444. The lowest BCUT2D eigenvalue weighted by molar-refractivity contribution is -0.110. The van der Waals surface area contributed by atoms with Crippen LogP contribution in [0, 0.1) is 0 Å². The van der Waals surface area contributed by atoms with Crippen LogP contribution in [-0.4, -0.2) is 54.6 Å². The Hall–Kier alpha value is -0.346. The first-order valence-corrected chi connectivity index (χ1v) is 14.6. The first-order chi connectivity index (χ1) is 10.8. The molecule has 2 heterocycles. The second-order valence-corrected chi connectivity index (χ2v) is 16.4. The fourth-order valence-corrected chi connectivity index (χ4v) is 14.2. The van der Waals surface area contributed by atoms with E-state index in [1.807, 2.05) is 0 Å². The van der Waals surface area contributed by atoms with Crippen molar-refractivity contribution in [1.82, 2.24) is 0 Å². The van der Waals surface area contributed by atoms with Crippen molar-refractivity contribution in [1.29, 1.82) is 0 Å². The Balaban J connectivity index is 2.10. The molecule has 0 radical (unpaired) electrons. The number of hydrogen-bond donors (Lipinski definition) is 0. The van der Waals surface area contributed by atoms with Gasteiger partial charge in [0.25, 0.3) is 0 Å². The van der Waals surface area contributed by atoms with Crippen LogP contribution in [-0.2, 0) is 23.2 Å². The van der Waals surface area contributed by atoms with E-state index in [-0.39, 0.29) is 23.3 Å². The summed E-state index contributed by atoms with van der Waals surface area (Å²) in [7, 11) is -4.23. The smallest absolute Gasteiger partial charge is 0.179 e. The summed E-state index contributed by atoms with van der Waals surface area (Å²) in [6, 6.07) is 0. The average Bonchev–Trinajstić information content (AvgIpc) is 2.32. The summed E-state index contributed by atoms with van der Waals surface area (Å²) in [5, 5.41) is 0. The Morgan fingerprint density at radius 2 is 1.26 bits per heavy atom. The third-order valence-electron chi connectivity index (χ3n) is 5.38. The zero-order valence-corrected chi connectivity index (χ0v) is 16.7. The number of aldehydes is 2. The monoisotopic (exact) mass is 358 g/mol. The van der Waals surface area contributed by atoms with E-state index < -0.39 is 16.6 Å². The molecule has 2 fully saturated rings. The van der Waals surface area contributed by atoms with Gasteiger partial charge in [-0.25, -0.2) is 0 Å². The van der Waals surface area contributed by atoms with Crippen LogP contribution < -0.4 is 0 Å². The Labute approximate surface area is 141 Å². The zero-order chi connectivity index (χ0) is 17.1. The van der Waals surface area contributed by atoms with E-state index >= 15 is 0 Å². The molecule has 0 N–H and O–H groups in total. The minimum Gasteiger partial charge on any atom is -0.455 e. The van der Waals surface area contributed by atoms with Crippen LogP contribution >= 0.6 is 0 Å². The predicted molar refractivity (Wildman–Crippen MR) is 93.6 cm³/mol. The summed E-state index contributed by atoms with van der Waals surface area (Å²) < 4.78 is 18.1. The van der Waals surface area contributed by atoms with Crippen LogP contribution in [0.5, 0.6) is 0 Å². The second-order valence-electron chi connectivity index (χ2n) is 7.72. The first-order valence-electron chi connectivity index (χ1n) is 8.62. The molecule has 132 valence electrons. The molecule has 0 aromatic heterocycles. The lowest BCUT2D eigenvalue weighted by Crippen LogP contribution is -2.56. The third-order valence-corrected chi connectivity index (χ3v) is 14.4. The molecule has 2 rings (SSSR count). The summed E-state index contributed by atoms with van der Waals surface area (Å²) in [6.45, 7) is 10.3. The lowest BCUT2D eigenvalue weighted by Gasteiger charge is -2.48. The average molecular weight is 359 g/mol. The van der Waals surface area contributed by atoms with Gasteiger partial charge in [-0.3, -0.25) is 0 Å². The van der Waals surface area contributed by atoms with Crippen molar-refractivity contribution in [3.8, 4) is 0 Å². The van der Waals surface area contributed by atoms with Crippen molar-refractivity contribution in [2.45, 2.75) is 75.2 Å². The van der Waals surface area contributed by atoms with Crippen LogP contribution in [0.1, 0.15) is 25.7 Å². The van der Waals surface area contributed by atoms with Crippen molar-refractivity contribution in [3.05, 3.63) is 0 Å². The SMILES string of the molecule is C[Si](C)(O[Si](C)(C)C(CC=O)C1CCO1)C(CC=O)C1CCO1. The zero-order valence-electron chi connectivity index (χ0n) is 14.7. The first kappa shape index (κ1) is 19.0. The van der Waals surface area contributed by atoms with Gasteiger partial charge in [-0.05, 0) is 39.0 Å². The van der Waals surface area contributed by atoms with E-state index in [2.05, 4.69) is 26.2 Å². The minimum absolute atomic E-state index is 0.163. The van der Waals surface area contributed by atoms with Gasteiger partial charge in [-0.2, -0.15) is 0 Å². The summed E-state index contributed by atoms with van der Waals surface area (Å²) in [5.74, 6) is 0. The molecule has 4 atom stereocenters. The van der Waals surface area contributed by atoms with E-state index in [4.69, 9.17) is 13.6 Å². The normalized spacial score (nSPS) is 27.5. The van der Waals surface area contributed by atoms with E-state index in [1.54, 1.807) is 0 Å². The highest BCUT2D eigenvalue weighted by Crippen LogP contribution is 2.43. The van der Waals surface area contributed by atoms with Crippen LogP contribution in [0.15, 0.2) is 0 Å². The lowest BCUT2D eigenvalue weighted by atomic mass is 10.1. The van der Waals surface area contributed by atoms with E-state index in [9.17, 15) is 9.59 Å². The second kappa shape index (κ2) is 7.69. The highest BCUT2D eigenvalue weighted by Gasteiger charge is 2.49. The Bertz CT molecular complexity index is 381. The van der Waals surface area contributed by atoms with Crippen molar-refractivity contribution in [2.75, 3.05) is 13.2 Å². The fraction of sp³-hybridized carbons (Fsp3) is 0.875. The van der Waals surface area contributed by atoms with Crippen LogP contribution in [0.2, 0.25) is 37.3 Å². The van der Waals surface area contributed by atoms with E-state index in [0.29, 0.717) is 12.8 Å². The number of carbonyl (C=O) groups excluding carboxylic acids is 2. The van der Waals surface area contributed by atoms with E-state index in [0.717, 1.165) is 38.6 Å². The van der Waals surface area contributed by atoms with E-state index in [1.165, 1.54) is 0 Å². The van der Waals surface area contributed by atoms with Crippen LogP contribution in [0.25, 0.3) is 0 Å². The molecule has 5 nitrogen and oxygen atoms in total. The summed E-state index contributed by atoms with van der Waals surface area (Å²) >= 11 is 0. The van der Waals surface area contributed by atoms with Gasteiger partial charge >= 0.3 is 0 Å². The van der Waals surface area contributed by atoms with Gasteiger partial charge in [0.2, 0.25) is 0 Å². The maximum Gasteiger partial charge on any atom is 0.179 e. The summed E-state index contributed by atoms with van der Waals surface area (Å²) in [6.07, 6.45) is 5.37. The Morgan fingerprint density at radius 3 is 1.48 bits per heavy atom. The summed E-state index contributed by atoms with van der Waals surface area (Å²) in [4.78, 5) is 22.3. The molecule has 0 aliphatic carbocycles. The van der Waals surface area contributed by atoms with Gasteiger partial charge in [-0.1, -0.05) is 0 Å². The molecule has 2 saturated heterocycles. The standard InChI is InChI=1S/C16H30O5Si2/c1-22(2,15(5-9-17)13-7-11-19-13)21-23(3,4)16(6-10-18)14-8-12-20-14/h9-10,13-16H,5-8,11-12H2,1-4H3. The molecule has 7 heteroatoms. The maximum absolute atomic E-state index is 11.1. The Kier molecular flexibility index (Phi) is 6.35. The van der Waals surface area contributed by atoms with Crippen molar-refractivity contribution in [3.63, 3.8) is 0 Å². The number of carbonyl (C=O) groups is 2. The van der Waals surface area contributed by atoms with Crippen molar-refractivity contribution in [2.24, 2.45) is 0 Å². The van der Waals surface area contributed by atoms with Gasteiger partial charge in [0.1, 0.15) is 12.6 Å². The van der Waals surface area contributed by atoms with Crippen LogP contribution in [0.4, 0.5) is 0 Å². The summed E-state index contributed by atoms with van der Waals surface area (Å²) in [5.41, 5.74) is 0.388. The highest BCUT2D eigenvalue weighted by molar-refractivity contribution is 6.86. The highest BCUT2D eigenvalue weighted by atomic mass is 28.4. The minimum atomic E-state index is -2.11. The molecule has 0 aromatic rings. The van der Waals surface area contributed by atoms with Gasteiger partial charge in [-0.15, -0.1) is 0 Å². The number of ether oxygens (including phenoxy) is 2. The number of hydrogen-bond acceptors (Lipinski definition) is 5. The Morgan fingerprint density at radius 1 is 0.913 bits per heavy atom. The molecule has 2 aliphatic heterocycles. The van der Waals surface area contributed by atoms with Gasteiger partial charge in [0.15, 0.2) is 16.6 Å². The maximum atomic E-state index is 11.1. The third kappa shape index (κ3) is 4.39. The molecular weight excluding hydrogens is 328 g/mol. The molecule has 4 unspecified atom stereocenters. The van der Waals surface area contributed by atoms with Crippen LogP contribution in [0.3, 0.4) is 0 Å². The molecular formula is C16H30O5Si2. The molecule has 0 spiro atoms. The van der Waals surface area contributed by atoms with Gasteiger partial charge in [0.05, 0.1) is 12.2 Å². The number of rotatable bonds is 10. The molecule has 0 aromatic carbocycles. The van der Waals surface area contributed by atoms with Gasteiger partial charge < -0.3 is 23.2 Å². The van der Waals surface area contributed by atoms with Crippen molar-refractivity contribution < 1.29 is 23.2 Å². The fourth-order valence-electron chi connectivity index (χ4n) is 3.95. The topological polar surface area (TPSA) is 61.8 Å². The molecule has 2 aliphatic rings. The predicted octanol–water partition coefficient (Wildman–Crippen LogP) is 2.91. The molecule has 0 bridgehead atoms. The molecule has 0 amide bonds. The largest absolute Gasteiger partial charge is 0.455 e. The molecule has 23 heavy (non-hydrogen) atoms.